The van der Waals surface area contributed by atoms with Crippen LogP contribution in [-0.2, 0) is 4.79 Å². The molecular weight excluding hydrogens is 188 g/mol. The molecule has 2 aliphatic rings. The van der Waals surface area contributed by atoms with Gasteiger partial charge in [-0.2, -0.15) is 0 Å². The van der Waals surface area contributed by atoms with Crippen LogP contribution in [0.3, 0.4) is 0 Å². The fourth-order valence-corrected chi connectivity index (χ4v) is 2.26. The van der Waals surface area contributed by atoms with Crippen molar-refractivity contribution < 1.29 is 4.79 Å². The first-order valence-corrected chi connectivity index (χ1v) is 6.34. The fourth-order valence-electron chi connectivity index (χ4n) is 2.26. The molecule has 1 amide bonds. The average molecular weight is 210 g/mol. The van der Waals surface area contributed by atoms with Crippen LogP contribution in [0, 0.1) is 5.92 Å². The van der Waals surface area contributed by atoms with Crippen LogP contribution in [0.15, 0.2) is 0 Å². The molecule has 2 fully saturated rings. The number of carbonyl (C=O) groups excluding carboxylic acids is 1. The maximum Gasteiger partial charge on any atom is 0.234 e. The van der Waals surface area contributed by atoms with Crippen LogP contribution in [-0.4, -0.2) is 25.0 Å². The highest BCUT2D eigenvalue weighted by molar-refractivity contribution is 5.78. The van der Waals surface area contributed by atoms with Gasteiger partial charge in [-0.3, -0.25) is 4.79 Å². The molecule has 86 valence electrons. The predicted molar refractivity (Wildman–Crippen MR) is 60.6 cm³/mol. The van der Waals surface area contributed by atoms with E-state index in [0.29, 0.717) is 12.6 Å². The van der Waals surface area contributed by atoms with E-state index in [-0.39, 0.29) is 5.91 Å². The molecule has 0 unspecified atom stereocenters. The van der Waals surface area contributed by atoms with Gasteiger partial charge in [-0.15, -0.1) is 0 Å². The van der Waals surface area contributed by atoms with Crippen molar-refractivity contribution in [1.82, 2.24) is 10.6 Å². The lowest BCUT2D eigenvalue weighted by atomic mass is 10.2. The van der Waals surface area contributed by atoms with Gasteiger partial charge in [0.15, 0.2) is 0 Å². The van der Waals surface area contributed by atoms with Crippen molar-refractivity contribution in [2.45, 2.75) is 51.0 Å². The first-order chi connectivity index (χ1) is 7.34. The molecule has 2 aliphatic carbocycles. The third-order valence-corrected chi connectivity index (χ3v) is 3.43. The minimum absolute atomic E-state index is 0.178. The number of hydrogen-bond donors (Lipinski definition) is 2. The van der Waals surface area contributed by atoms with Crippen molar-refractivity contribution in [2.24, 2.45) is 5.92 Å². The molecule has 0 saturated heterocycles. The zero-order valence-corrected chi connectivity index (χ0v) is 9.43. The summed E-state index contributed by atoms with van der Waals surface area (Å²) in [5.74, 6) is 1.13. The molecule has 15 heavy (non-hydrogen) atoms. The molecule has 0 bridgehead atoms. The van der Waals surface area contributed by atoms with Crippen LogP contribution in [0.2, 0.25) is 0 Å². The van der Waals surface area contributed by atoms with Crippen molar-refractivity contribution in [1.29, 1.82) is 0 Å². The quantitative estimate of drug-likeness (QED) is 0.651. The Bertz CT molecular complexity index is 208. The molecule has 2 N–H and O–H groups in total. The first kappa shape index (κ1) is 10.9. The lowest BCUT2D eigenvalue weighted by Crippen LogP contribution is -2.39. The van der Waals surface area contributed by atoms with E-state index in [1.54, 1.807) is 0 Å². The summed E-state index contributed by atoms with van der Waals surface area (Å²) >= 11 is 0. The monoisotopic (exact) mass is 210 g/mol. The van der Waals surface area contributed by atoms with Crippen molar-refractivity contribution in [3.05, 3.63) is 0 Å². The zero-order valence-electron chi connectivity index (χ0n) is 9.43. The highest BCUT2D eigenvalue weighted by atomic mass is 16.1. The van der Waals surface area contributed by atoms with Gasteiger partial charge >= 0.3 is 0 Å². The number of amides is 1. The van der Waals surface area contributed by atoms with E-state index < -0.39 is 0 Å². The summed E-state index contributed by atoms with van der Waals surface area (Å²) in [6.45, 7) is 1.51. The minimum atomic E-state index is 0.178. The first-order valence-electron chi connectivity index (χ1n) is 6.34. The van der Waals surface area contributed by atoms with E-state index in [0.717, 1.165) is 12.5 Å². The second-order valence-corrected chi connectivity index (χ2v) is 4.96. The summed E-state index contributed by atoms with van der Waals surface area (Å²) in [5.41, 5.74) is 0. The van der Waals surface area contributed by atoms with E-state index in [4.69, 9.17) is 0 Å². The van der Waals surface area contributed by atoms with Gasteiger partial charge in [-0.1, -0.05) is 25.7 Å². The van der Waals surface area contributed by atoms with Crippen LogP contribution < -0.4 is 10.6 Å². The normalized spacial score (nSPS) is 21.9. The average Bonchev–Trinajstić information content (AvgIpc) is 2.91. The van der Waals surface area contributed by atoms with Gasteiger partial charge in [0.25, 0.3) is 0 Å². The van der Waals surface area contributed by atoms with Gasteiger partial charge in [0.05, 0.1) is 6.54 Å². The molecule has 0 radical (unpaired) electrons. The minimum Gasteiger partial charge on any atom is -0.352 e. The van der Waals surface area contributed by atoms with E-state index in [9.17, 15) is 4.79 Å². The maximum absolute atomic E-state index is 11.5. The summed E-state index contributed by atoms with van der Waals surface area (Å²) in [6.07, 6.45) is 8.95. The van der Waals surface area contributed by atoms with E-state index in [1.807, 2.05) is 0 Å². The van der Waals surface area contributed by atoms with E-state index in [1.165, 1.54) is 44.9 Å². The van der Waals surface area contributed by atoms with Gasteiger partial charge in [-0.25, -0.2) is 0 Å². The van der Waals surface area contributed by atoms with E-state index in [2.05, 4.69) is 10.6 Å². The topological polar surface area (TPSA) is 41.1 Å². The van der Waals surface area contributed by atoms with Gasteiger partial charge in [0, 0.05) is 6.04 Å². The Morgan fingerprint density at radius 3 is 2.53 bits per heavy atom. The highest BCUT2D eigenvalue weighted by Crippen LogP contribution is 2.31. The molecule has 2 rings (SSSR count). The van der Waals surface area contributed by atoms with Crippen LogP contribution in [0.5, 0.6) is 0 Å². The van der Waals surface area contributed by atoms with Crippen LogP contribution >= 0.6 is 0 Å². The van der Waals surface area contributed by atoms with Crippen LogP contribution in [0.25, 0.3) is 0 Å². The molecule has 2 saturated carbocycles. The van der Waals surface area contributed by atoms with Gasteiger partial charge in [0.1, 0.15) is 0 Å². The largest absolute Gasteiger partial charge is 0.352 e. The molecular formula is C12H22N2O. The predicted octanol–water partition coefficient (Wildman–Crippen LogP) is 1.43. The summed E-state index contributed by atoms with van der Waals surface area (Å²) in [4.78, 5) is 11.5. The Morgan fingerprint density at radius 1 is 1.13 bits per heavy atom. The molecule has 0 aliphatic heterocycles. The summed E-state index contributed by atoms with van der Waals surface area (Å²) in [5, 5.41) is 6.30. The van der Waals surface area contributed by atoms with E-state index >= 15 is 0 Å². The Hall–Kier alpha value is -0.570. The van der Waals surface area contributed by atoms with Gasteiger partial charge in [-0.05, 0) is 31.7 Å². The molecule has 0 aromatic rings. The Labute approximate surface area is 92.0 Å². The zero-order chi connectivity index (χ0) is 10.5. The highest BCUT2D eigenvalue weighted by Gasteiger charge is 2.20. The number of nitrogens with one attached hydrogen (secondary N) is 2. The summed E-state index contributed by atoms with van der Waals surface area (Å²) < 4.78 is 0. The van der Waals surface area contributed by atoms with Gasteiger partial charge < -0.3 is 10.6 Å². The molecule has 0 atom stereocenters. The Balaban J connectivity index is 1.47. The molecule has 0 aromatic heterocycles. The fraction of sp³-hybridized carbons (Fsp3) is 0.917. The van der Waals surface area contributed by atoms with Crippen molar-refractivity contribution in [3.63, 3.8) is 0 Å². The molecule has 3 heteroatoms. The maximum atomic E-state index is 11.5. The summed E-state index contributed by atoms with van der Waals surface area (Å²) in [7, 11) is 0. The number of rotatable bonds is 6. The third kappa shape index (κ3) is 4.20. The number of carbonyl (C=O) groups is 1. The molecule has 0 aromatic carbocycles. The SMILES string of the molecule is O=C(CNCCC1CC1)NC1CCCC1. The number of hydrogen-bond acceptors (Lipinski definition) is 2. The summed E-state index contributed by atoms with van der Waals surface area (Å²) in [6, 6.07) is 0.461. The molecule has 0 heterocycles. The third-order valence-electron chi connectivity index (χ3n) is 3.43. The lowest BCUT2D eigenvalue weighted by Gasteiger charge is -2.12. The van der Waals surface area contributed by atoms with Crippen molar-refractivity contribution >= 4 is 5.91 Å². The Morgan fingerprint density at radius 2 is 1.87 bits per heavy atom. The van der Waals surface area contributed by atoms with Crippen LogP contribution in [0.4, 0.5) is 0 Å². The van der Waals surface area contributed by atoms with Gasteiger partial charge in [0.2, 0.25) is 5.91 Å². The lowest BCUT2D eigenvalue weighted by molar-refractivity contribution is -0.120. The Kier molecular flexibility index (Phi) is 4.01. The molecule has 0 spiro atoms. The van der Waals surface area contributed by atoms with Crippen molar-refractivity contribution in [3.8, 4) is 0 Å². The standard InChI is InChI=1S/C12H22N2O/c15-12(14-11-3-1-2-4-11)9-13-8-7-10-5-6-10/h10-11,13H,1-9H2,(H,14,15). The van der Waals surface area contributed by atoms with Crippen LogP contribution in [0.1, 0.15) is 44.9 Å². The molecule has 3 nitrogen and oxygen atoms in total. The second-order valence-electron chi connectivity index (χ2n) is 4.96. The second kappa shape index (κ2) is 5.50. The van der Waals surface area contributed by atoms with Crippen molar-refractivity contribution in [2.75, 3.05) is 13.1 Å². The smallest absolute Gasteiger partial charge is 0.234 e.